The smallest absolute Gasteiger partial charge is 0.233 e. The molecule has 0 spiro atoms. The van der Waals surface area contributed by atoms with E-state index >= 15 is 0 Å². The number of rotatable bonds is 3. The van der Waals surface area contributed by atoms with Crippen LogP contribution in [0.2, 0.25) is 0 Å². The number of hydrogen-bond acceptors (Lipinski definition) is 4. The van der Waals surface area contributed by atoms with Crippen molar-refractivity contribution in [1.82, 2.24) is 9.29 Å². The summed E-state index contributed by atoms with van der Waals surface area (Å²) in [5.41, 5.74) is 0. The number of nitrogens with zero attached hydrogens (tertiary/aromatic N) is 2. The summed E-state index contributed by atoms with van der Waals surface area (Å²) in [6, 6.07) is 0.203. The van der Waals surface area contributed by atoms with E-state index in [0.29, 0.717) is 0 Å². The summed E-state index contributed by atoms with van der Waals surface area (Å²) in [5.74, 6) is 0. The first-order valence-corrected chi connectivity index (χ1v) is 6.32. The Kier molecular flexibility index (Phi) is 2.13. The Hall–Kier alpha value is -0.460. The highest BCUT2D eigenvalue weighted by atomic mass is 32.2. The predicted molar refractivity (Wildman–Crippen MR) is 50.1 cm³/mol. The predicted octanol–water partition coefficient (Wildman–Crippen LogP) is 0.926. The van der Waals surface area contributed by atoms with Gasteiger partial charge in [-0.05, 0) is 12.8 Å². The molecule has 0 saturated heterocycles. The number of sulfonamides is 1. The van der Waals surface area contributed by atoms with Crippen LogP contribution < -0.4 is 0 Å². The Labute approximate surface area is 81.3 Å². The Morgan fingerprint density at radius 3 is 2.77 bits per heavy atom. The highest BCUT2D eigenvalue weighted by Gasteiger charge is 2.36. The van der Waals surface area contributed by atoms with Crippen LogP contribution in [-0.2, 0) is 10.0 Å². The lowest BCUT2D eigenvalue weighted by Gasteiger charge is -2.13. The van der Waals surface area contributed by atoms with Gasteiger partial charge in [0.25, 0.3) is 10.0 Å². The van der Waals surface area contributed by atoms with Gasteiger partial charge in [-0.2, -0.15) is 4.31 Å². The maximum absolute atomic E-state index is 11.7. The second kappa shape index (κ2) is 3.04. The van der Waals surface area contributed by atoms with Crippen molar-refractivity contribution in [2.45, 2.75) is 23.2 Å². The van der Waals surface area contributed by atoms with Crippen LogP contribution in [-0.4, -0.2) is 30.8 Å². The fourth-order valence-electron chi connectivity index (χ4n) is 1.10. The summed E-state index contributed by atoms with van der Waals surface area (Å²) < 4.78 is 25.1. The van der Waals surface area contributed by atoms with Crippen LogP contribution in [0, 0.1) is 0 Å². The van der Waals surface area contributed by atoms with Crippen molar-refractivity contribution in [2.75, 3.05) is 7.05 Å². The Morgan fingerprint density at radius 1 is 1.62 bits per heavy atom. The van der Waals surface area contributed by atoms with Crippen LogP contribution >= 0.6 is 11.3 Å². The molecule has 0 aromatic carbocycles. The molecular formula is C7H10N2O2S2. The van der Waals surface area contributed by atoms with Gasteiger partial charge in [-0.25, -0.2) is 13.4 Å². The van der Waals surface area contributed by atoms with Gasteiger partial charge < -0.3 is 0 Å². The molecule has 1 aromatic heterocycles. The van der Waals surface area contributed by atoms with Crippen LogP contribution in [0.15, 0.2) is 15.9 Å². The van der Waals surface area contributed by atoms with Crippen LogP contribution in [0.4, 0.5) is 0 Å². The summed E-state index contributed by atoms with van der Waals surface area (Å²) >= 11 is 1.16. The molecule has 1 saturated carbocycles. The molecule has 0 aliphatic heterocycles. The van der Waals surface area contributed by atoms with Crippen molar-refractivity contribution >= 4 is 21.4 Å². The molecule has 1 fully saturated rings. The van der Waals surface area contributed by atoms with Gasteiger partial charge in [0.2, 0.25) is 4.34 Å². The number of hydrogen-bond donors (Lipinski definition) is 0. The van der Waals surface area contributed by atoms with Crippen LogP contribution in [0.3, 0.4) is 0 Å². The topological polar surface area (TPSA) is 50.3 Å². The molecule has 4 nitrogen and oxygen atoms in total. The molecule has 6 heteroatoms. The normalized spacial score (nSPS) is 18.0. The average molecular weight is 218 g/mol. The van der Waals surface area contributed by atoms with Gasteiger partial charge in [0.05, 0.1) is 0 Å². The summed E-state index contributed by atoms with van der Waals surface area (Å²) in [6.45, 7) is 0. The first-order chi connectivity index (χ1) is 6.12. The maximum atomic E-state index is 11.7. The van der Waals surface area contributed by atoms with Gasteiger partial charge in [0.1, 0.15) is 0 Å². The van der Waals surface area contributed by atoms with Crippen molar-refractivity contribution in [3.8, 4) is 0 Å². The van der Waals surface area contributed by atoms with Gasteiger partial charge >= 0.3 is 0 Å². The van der Waals surface area contributed by atoms with Gasteiger partial charge in [0, 0.05) is 24.7 Å². The third-order valence-corrected chi connectivity index (χ3v) is 5.16. The van der Waals surface area contributed by atoms with E-state index in [1.807, 2.05) is 0 Å². The summed E-state index contributed by atoms with van der Waals surface area (Å²) in [7, 11) is -1.67. The van der Waals surface area contributed by atoms with E-state index in [2.05, 4.69) is 4.98 Å². The molecule has 1 heterocycles. The zero-order valence-electron chi connectivity index (χ0n) is 7.17. The van der Waals surface area contributed by atoms with Crippen molar-refractivity contribution in [3.05, 3.63) is 11.6 Å². The van der Waals surface area contributed by atoms with E-state index in [4.69, 9.17) is 0 Å². The molecule has 0 N–H and O–H groups in total. The van der Waals surface area contributed by atoms with Crippen molar-refractivity contribution < 1.29 is 8.42 Å². The minimum atomic E-state index is -3.29. The lowest BCUT2D eigenvalue weighted by Crippen LogP contribution is -2.28. The Balaban J connectivity index is 2.30. The molecule has 72 valence electrons. The highest BCUT2D eigenvalue weighted by molar-refractivity contribution is 7.91. The molecule has 1 aliphatic rings. The minimum absolute atomic E-state index is 0.196. The van der Waals surface area contributed by atoms with Crippen LogP contribution in [0.25, 0.3) is 0 Å². The second-order valence-corrected chi connectivity index (χ2v) is 6.12. The fourth-order valence-corrected chi connectivity index (χ4v) is 3.50. The highest BCUT2D eigenvalue weighted by Crippen LogP contribution is 2.30. The van der Waals surface area contributed by atoms with E-state index in [1.54, 1.807) is 12.4 Å². The summed E-state index contributed by atoms with van der Waals surface area (Å²) in [6.07, 6.45) is 3.46. The standard InChI is InChI=1S/C7H10N2O2S2/c1-9(6-2-3-6)13(10,11)7-8-4-5-12-7/h4-6H,2-3H2,1H3. The first kappa shape index (κ1) is 9.11. The Morgan fingerprint density at radius 2 is 2.31 bits per heavy atom. The van der Waals surface area contributed by atoms with Gasteiger partial charge in [0.15, 0.2) is 0 Å². The number of aromatic nitrogens is 1. The zero-order chi connectivity index (χ0) is 9.47. The lowest BCUT2D eigenvalue weighted by atomic mass is 10.7. The van der Waals surface area contributed by atoms with Crippen LogP contribution in [0.1, 0.15) is 12.8 Å². The fraction of sp³-hybridized carbons (Fsp3) is 0.571. The Bertz CT molecular complexity index is 381. The van der Waals surface area contributed by atoms with Gasteiger partial charge in [-0.1, -0.05) is 0 Å². The number of thiazole rings is 1. The van der Waals surface area contributed by atoms with Crippen molar-refractivity contribution in [3.63, 3.8) is 0 Å². The zero-order valence-corrected chi connectivity index (χ0v) is 8.81. The van der Waals surface area contributed by atoms with E-state index in [1.165, 1.54) is 10.5 Å². The third kappa shape index (κ3) is 1.61. The van der Waals surface area contributed by atoms with E-state index in [-0.39, 0.29) is 10.4 Å². The van der Waals surface area contributed by atoms with E-state index in [9.17, 15) is 8.42 Å². The molecule has 1 aliphatic carbocycles. The lowest BCUT2D eigenvalue weighted by molar-refractivity contribution is 0.464. The maximum Gasteiger partial charge on any atom is 0.270 e. The molecule has 0 atom stereocenters. The SMILES string of the molecule is CN(C1CC1)S(=O)(=O)c1nccs1. The average Bonchev–Trinajstić information content (AvgIpc) is 2.78. The van der Waals surface area contributed by atoms with E-state index in [0.717, 1.165) is 24.2 Å². The van der Waals surface area contributed by atoms with Gasteiger partial charge in [-0.3, -0.25) is 0 Å². The third-order valence-electron chi connectivity index (χ3n) is 2.07. The molecule has 2 rings (SSSR count). The summed E-state index contributed by atoms with van der Waals surface area (Å²) in [5, 5.41) is 1.67. The second-order valence-electron chi connectivity index (χ2n) is 3.05. The molecule has 0 amide bonds. The quantitative estimate of drug-likeness (QED) is 0.758. The molecular weight excluding hydrogens is 208 g/mol. The molecule has 1 aromatic rings. The molecule has 0 bridgehead atoms. The molecule has 0 unspecified atom stereocenters. The minimum Gasteiger partial charge on any atom is -0.233 e. The summed E-state index contributed by atoms with van der Waals surface area (Å²) in [4.78, 5) is 3.81. The van der Waals surface area contributed by atoms with E-state index < -0.39 is 10.0 Å². The van der Waals surface area contributed by atoms with Crippen molar-refractivity contribution in [2.24, 2.45) is 0 Å². The molecule has 0 radical (unpaired) electrons. The largest absolute Gasteiger partial charge is 0.270 e. The monoisotopic (exact) mass is 218 g/mol. The first-order valence-electron chi connectivity index (χ1n) is 4.00. The van der Waals surface area contributed by atoms with Crippen LogP contribution in [0.5, 0.6) is 0 Å². The van der Waals surface area contributed by atoms with Crippen molar-refractivity contribution in [1.29, 1.82) is 0 Å². The van der Waals surface area contributed by atoms with Gasteiger partial charge in [-0.15, -0.1) is 11.3 Å². The molecule has 13 heavy (non-hydrogen) atoms.